The van der Waals surface area contributed by atoms with Gasteiger partial charge in [-0.05, 0) is 62.0 Å². The minimum Gasteiger partial charge on any atom is -0.324 e. The Morgan fingerprint density at radius 3 is 2.52 bits per heavy atom. The lowest BCUT2D eigenvalue weighted by Gasteiger charge is -2.33. The summed E-state index contributed by atoms with van der Waals surface area (Å²) in [5, 5.41) is 5.49. The molecule has 2 aromatic carbocycles. The van der Waals surface area contributed by atoms with Crippen molar-refractivity contribution in [1.29, 1.82) is 0 Å². The van der Waals surface area contributed by atoms with Crippen LogP contribution in [0.4, 0.5) is 34.9 Å². The first-order valence-electron chi connectivity index (χ1n) is 13.3. The lowest BCUT2D eigenvalue weighted by atomic mass is 10.0. The van der Waals surface area contributed by atoms with Crippen molar-refractivity contribution in [3.05, 3.63) is 95.2 Å². The molecule has 3 heterocycles. The number of aromatic nitrogens is 3. The summed E-state index contributed by atoms with van der Waals surface area (Å²) >= 11 is 0. The van der Waals surface area contributed by atoms with Crippen LogP contribution in [0.3, 0.4) is 0 Å². The van der Waals surface area contributed by atoms with Crippen LogP contribution in [0.2, 0.25) is 0 Å². The summed E-state index contributed by atoms with van der Waals surface area (Å²) in [6, 6.07) is 11.4. The molecule has 1 aliphatic heterocycles. The molecule has 12 heteroatoms. The highest BCUT2D eigenvalue weighted by Gasteiger charge is 2.34. The number of likely N-dealkylation sites (N-methyl/N-ethyl adjacent to an activating group) is 1. The third kappa shape index (κ3) is 6.89. The van der Waals surface area contributed by atoms with Crippen molar-refractivity contribution in [1.82, 2.24) is 24.8 Å². The standard InChI is InChI=1S/C30H29F4N7O/c1-19-25(31)15-23(16-27(19)39-29-36-9-7-26(38-29)21-4-3-8-35-17-21)37-28(42)20-5-6-22(24(14-20)30(32,33)34)18-41-12-10-40(2)11-13-41/h3-9,14-17H,10-13,18H2,1-2H3,(H,37,42)(H,36,38,39). The second kappa shape index (κ2) is 12.2. The molecule has 1 amide bonds. The van der Waals surface area contributed by atoms with Gasteiger partial charge in [0.25, 0.3) is 5.91 Å². The van der Waals surface area contributed by atoms with Gasteiger partial charge in [0.1, 0.15) is 5.82 Å². The number of nitrogens with one attached hydrogen (secondary N) is 2. The molecule has 0 unspecified atom stereocenters. The third-order valence-corrected chi connectivity index (χ3v) is 7.13. The van der Waals surface area contributed by atoms with Gasteiger partial charge < -0.3 is 15.5 Å². The molecule has 0 spiro atoms. The van der Waals surface area contributed by atoms with E-state index in [0.29, 0.717) is 18.8 Å². The van der Waals surface area contributed by atoms with Crippen LogP contribution in [0.15, 0.2) is 67.1 Å². The first-order valence-corrected chi connectivity index (χ1v) is 13.3. The summed E-state index contributed by atoms with van der Waals surface area (Å²) < 4.78 is 56.9. The monoisotopic (exact) mass is 579 g/mol. The smallest absolute Gasteiger partial charge is 0.324 e. The number of pyridine rings is 1. The van der Waals surface area contributed by atoms with Crippen LogP contribution >= 0.6 is 0 Å². The number of anilines is 3. The molecule has 2 N–H and O–H groups in total. The number of hydrogen-bond acceptors (Lipinski definition) is 7. The van der Waals surface area contributed by atoms with E-state index in [1.807, 2.05) is 18.0 Å². The predicted molar refractivity (Wildman–Crippen MR) is 152 cm³/mol. The molecule has 42 heavy (non-hydrogen) atoms. The average Bonchev–Trinajstić information content (AvgIpc) is 2.97. The quantitative estimate of drug-likeness (QED) is 0.270. The largest absolute Gasteiger partial charge is 0.416 e. The molecule has 0 saturated carbocycles. The molecule has 1 aliphatic rings. The molecule has 2 aromatic heterocycles. The summed E-state index contributed by atoms with van der Waals surface area (Å²) in [5.41, 5.74) is 1.00. The van der Waals surface area contributed by atoms with Crippen LogP contribution in [0.5, 0.6) is 0 Å². The Morgan fingerprint density at radius 2 is 1.81 bits per heavy atom. The van der Waals surface area contributed by atoms with Gasteiger partial charge >= 0.3 is 6.18 Å². The van der Waals surface area contributed by atoms with Gasteiger partial charge in [0.2, 0.25) is 5.95 Å². The maximum absolute atomic E-state index is 14.9. The number of hydrogen-bond donors (Lipinski definition) is 2. The maximum atomic E-state index is 14.9. The van der Waals surface area contributed by atoms with E-state index in [2.05, 4.69) is 30.5 Å². The van der Waals surface area contributed by atoms with Gasteiger partial charge in [-0.3, -0.25) is 14.7 Å². The van der Waals surface area contributed by atoms with Crippen molar-refractivity contribution in [2.24, 2.45) is 0 Å². The topological polar surface area (TPSA) is 86.3 Å². The maximum Gasteiger partial charge on any atom is 0.416 e. The fourth-order valence-electron chi connectivity index (χ4n) is 4.66. The minimum absolute atomic E-state index is 0.0593. The van der Waals surface area contributed by atoms with E-state index in [1.54, 1.807) is 37.6 Å². The van der Waals surface area contributed by atoms with Gasteiger partial charge in [0.05, 0.1) is 11.3 Å². The van der Waals surface area contributed by atoms with E-state index in [4.69, 9.17) is 0 Å². The van der Waals surface area contributed by atoms with Crippen molar-refractivity contribution in [2.45, 2.75) is 19.6 Å². The lowest BCUT2D eigenvalue weighted by molar-refractivity contribution is -0.138. The highest BCUT2D eigenvalue weighted by molar-refractivity contribution is 6.04. The number of benzene rings is 2. The molecule has 1 fully saturated rings. The second-order valence-electron chi connectivity index (χ2n) is 10.2. The average molecular weight is 580 g/mol. The Balaban J connectivity index is 1.35. The van der Waals surface area contributed by atoms with Gasteiger partial charge in [0, 0.05) is 79.4 Å². The van der Waals surface area contributed by atoms with Crippen molar-refractivity contribution < 1.29 is 22.4 Å². The molecule has 1 saturated heterocycles. The van der Waals surface area contributed by atoms with Crippen molar-refractivity contribution in [3.63, 3.8) is 0 Å². The fourth-order valence-corrected chi connectivity index (χ4v) is 4.66. The third-order valence-electron chi connectivity index (χ3n) is 7.13. The summed E-state index contributed by atoms with van der Waals surface area (Å²) in [6.45, 7) is 4.53. The van der Waals surface area contributed by atoms with E-state index < -0.39 is 23.5 Å². The Kier molecular flexibility index (Phi) is 8.46. The van der Waals surface area contributed by atoms with E-state index in [1.165, 1.54) is 18.2 Å². The first-order chi connectivity index (χ1) is 20.1. The van der Waals surface area contributed by atoms with Crippen molar-refractivity contribution in [2.75, 3.05) is 43.9 Å². The zero-order valence-electron chi connectivity index (χ0n) is 23.0. The van der Waals surface area contributed by atoms with Gasteiger partial charge in [-0.15, -0.1) is 0 Å². The SMILES string of the molecule is Cc1c(F)cc(NC(=O)c2ccc(CN3CCN(C)CC3)c(C(F)(F)F)c2)cc1Nc1nccc(-c2cccnc2)n1. The number of nitrogens with zero attached hydrogens (tertiary/aromatic N) is 5. The number of rotatable bonds is 7. The molecular weight excluding hydrogens is 550 g/mol. The van der Waals surface area contributed by atoms with Gasteiger partial charge in [-0.25, -0.2) is 14.4 Å². The Morgan fingerprint density at radius 1 is 1.02 bits per heavy atom. The molecule has 218 valence electrons. The molecule has 5 rings (SSSR count). The van der Waals surface area contributed by atoms with Gasteiger partial charge in [-0.1, -0.05) is 6.07 Å². The van der Waals surface area contributed by atoms with Crippen LogP contribution in [-0.4, -0.2) is 63.9 Å². The van der Waals surface area contributed by atoms with Crippen LogP contribution in [0.1, 0.15) is 27.0 Å². The molecule has 0 atom stereocenters. The van der Waals surface area contributed by atoms with Crippen LogP contribution < -0.4 is 10.6 Å². The molecule has 8 nitrogen and oxygen atoms in total. The zero-order chi connectivity index (χ0) is 29.9. The Labute approximate surface area is 240 Å². The van der Waals surface area contributed by atoms with Crippen LogP contribution in [-0.2, 0) is 12.7 Å². The number of carbonyl (C=O) groups excluding carboxylic acids is 1. The fraction of sp³-hybridized carbons (Fsp3) is 0.267. The first kappa shape index (κ1) is 29.1. The molecule has 0 bridgehead atoms. The Hall–Kier alpha value is -4.42. The highest BCUT2D eigenvalue weighted by atomic mass is 19.4. The number of carbonyl (C=O) groups is 1. The summed E-state index contributed by atoms with van der Waals surface area (Å²) in [4.78, 5) is 29.8. The second-order valence-corrected chi connectivity index (χ2v) is 10.2. The van der Waals surface area contributed by atoms with Crippen molar-refractivity contribution in [3.8, 4) is 11.3 Å². The molecule has 0 radical (unpaired) electrons. The number of alkyl halides is 3. The van der Waals surface area contributed by atoms with E-state index >= 15 is 0 Å². The molecule has 0 aliphatic carbocycles. The summed E-state index contributed by atoms with van der Waals surface area (Å²) in [5.74, 6) is -1.24. The normalized spacial score (nSPS) is 14.5. The predicted octanol–water partition coefficient (Wildman–Crippen LogP) is 5.75. The molecule has 4 aromatic rings. The molecular formula is C30H29F4N7O. The zero-order valence-corrected chi connectivity index (χ0v) is 23.0. The highest BCUT2D eigenvalue weighted by Crippen LogP contribution is 2.34. The summed E-state index contributed by atoms with van der Waals surface area (Å²) in [6.07, 6.45) is 0.190. The number of piperazine rings is 1. The van der Waals surface area contributed by atoms with Gasteiger partial charge in [-0.2, -0.15) is 13.2 Å². The van der Waals surface area contributed by atoms with E-state index in [-0.39, 0.29) is 40.6 Å². The van der Waals surface area contributed by atoms with Crippen LogP contribution in [0, 0.1) is 12.7 Å². The summed E-state index contributed by atoms with van der Waals surface area (Å²) in [7, 11) is 1.97. The number of amides is 1. The van der Waals surface area contributed by atoms with Crippen molar-refractivity contribution >= 4 is 23.2 Å². The van der Waals surface area contributed by atoms with Crippen LogP contribution in [0.25, 0.3) is 11.3 Å². The van der Waals surface area contributed by atoms with E-state index in [0.717, 1.165) is 30.8 Å². The number of halogens is 4. The van der Waals surface area contributed by atoms with Gasteiger partial charge in [0.15, 0.2) is 0 Å². The lowest BCUT2D eigenvalue weighted by Crippen LogP contribution is -2.44. The van der Waals surface area contributed by atoms with E-state index in [9.17, 15) is 22.4 Å². The Bertz CT molecular complexity index is 1570. The minimum atomic E-state index is -4.64.